The predicted molar refractivity (Wildman–Crippen MR) is 146 cm³/mol. The van der Waals surface area contributed by atoms with Gasteiger partial charge in [0, 0.05) is 29.6 Å². The first-order valence-electron chi connectivity index (χ1n) is 11.9. The minimum atomic E-state index is -0.641. The summed E-state index contributed by atoms with van der Waals surface area (Å²) >= 11 is 1.44. The zero-order chi connectivity index (χ0) is 27.2. The van der Waals surface area contributed by atoms with Crippen LogP contribution >= 0.6 is 11.3 Å². The van der Waals surface area contributed by atoms with E-state index in [2.05, 4.69) is 31.7 Å². The van der Waals surface area contributed by atoms with Crippen molar-refractivity contribution >= 4 is 38.4 Å². The molecule has 2 N–H and O–H groups in total. The van der Waals surface area contributed by atoms with Gasteiger partial charge in [-0.25, -0.2) is 14.9 Å². The van der Waals surface area contributed by atoms with Gasteiger partial charge in [-0.1, -0.05) is 6.07 Å². The Morgan fingerprint density at radius 3 is 2.74 bits per heavy atom. The molecule has 0 saturated heterocycles. The van der Waals surface area contributed by atoms with E-state index >= 15 is 0 Å². The number of alkyl carbamates (subject to hydrolysis) is 1. The number of aromatic amines is 1. The average Bonchev–Trinajstić information content (AvgIpc) is 3.41. The molecule has 0 aliphatic rings. The van der Waals surface area contributed by atoms with Crippen molar-refractivity contribution in [2.75, 3.05) is 0 Å². The normalized spacial score (nSPS) is 11.6. The molecule has 1 aromatic carbocycles. The zero-order valence-corrected chi connectivity index (χ0v) is 22.4. The monoisotopic (exact) mass is 527 g/mol. The molecule has 10 nitrogen and oxygen atoms in total. The molecular formula is C27H25N7O3S. The largest absolute Gasteiger partial charge is 0.444 e. The van der Waals surface area contributed by atoms with Crippen LogP contribution in [0, 0.1) is 18.3 Å². The van der Waals surface area contributed by atoms with Gasteiger partial charge in [-0.3, -0.25) is 9.48 Å². The highest BCUT2D eigenvalue weighted by atomic mass is 32.1. The van der Waals surface area contributed by atoms with Crippen LogP contribution in [0.4, 0.5) is 4.79 Å². The maximum atomic E-state index is 12.5. The molecule has 5 rings (SSSR count). The maximum Gasteiger partial charge on any atom is 0.407 e. The van der Waals surface area contributed by atoms with Crippen molar-refractivity contribution in [2.24, 2.45) is 7.05 Å². The fourth-order valence-electron chi connectivity index (χ4n) is 4.27. The van der Waals surface area contributed by atoms with E-state index in [0.717, 1.165) is 37.5 Å². The molecule has 0 bridgehead atoms. The fraction of sp³-hybridized carbons (Fsp3) is 0.259. The van der Waals surface area contributed by atoms with Gasteiger partial charge in [0.25, 0.3) is 5.56 Å². The summed E-state index contributed by atoms with van der Waals surface area (Å²) in [5.74, 6) is 0. The second-order valence-corrected chi connectivity index (χ2v) is 10.9. The summed E-state index contributed by atoms with van der Waals surface area (Å²) in [5, 5.41) is 25.7. The van der Waals surface area contributed by atoms with Crippen molar-refractivity contribution in [2.45, 2.75) is 39.8 Å². The first-order valence-corrected chi connectivity index (χ1v) is 12.7. The van der Waals surface area contributed by atoms with Crippen molar-refractivity contribution < 1.29 is 9.53 Å². The Labute approximate surface area is 221 Å². The predicted octanol–water partition coefficient (Wildman–Crippen LogP) is 4.81. The highest BCUT2D eigenvalue weighted by Gasteiger charge is 2.22. The number of benzene rings is 1. The summed E-state index contributed by atoms with van der Waals surface area (Å²) in [5.41, 5.74) is 3.38. The Balaban J connectivity index is 1.61. The number of nitriles is 1. The molecule has 0 spiro atoms. The van der Waals surface area contributed by atoms with Crippen LogP contribution in [-0.2, 0) is 18.3 Å². The second kappa shape index (κ2) is 9.39. The zero-order valence-electron chi connectivity index (χ0n) is 21.5. The molecule has 5 aromatic rings. The number of nitrogens with zero attached hydrogens (tertiary/aromatic N) is 5. The highest BCUT2D eigenvalue weighted by molar-refractivity contribution is 7.22. The number of hydrogen-bond donors (Lipinski definition) is 2. The molecule has 0 atom stereocenters. The molecule has 4 heterocycles. The van der Waals surface area contributed by atoms with Crippen LogP contribution in [0.3, 0.4) is 0 Å². The summed E-state index contributed by atoms with van der Waals surface area (Å²) in [4.78, 5) is 30.8. The Hall–Kier alpha value is -4.56. The summed E-state index contributed by atoms with van der Waals surface area (Å²) in [6, 6.07) is 9.73. The van der Waals surface area contributed by atoms with Crippen molar-refractivity contribution in [3.8, 4) is 27.8 Å². The number of hydrogen-bond acceptors (Lipinski definition) is 8. The molecule has 0 fully saturated rings. The molecule has 1 amide bonds. The van der Waals surface area contributed by atoms with Crippen LogP contribution < -0.4 is 10.9 Å². The average molecular weight is 528 g/mol. The molecule has 0 aliphatic carbocycles. The highest BCUT2D eigenvalue weighted by Crippen LogP contribution is 2.42. The minimum Gasteiger partial charge on any atom is -0.444 e. The van der Waals surface area contributed by atoms with E-state index in [-0.39, 0.29) is 12.1 Å². The number of ether oxygens (including phenoxy) is 1. The van der Waals surface area contributed by atoms with Crippen molar-refractivity contribution in [3.05, 3.63) is 63.8 Å². The van der Waals surface area contributed by atoms with E-state index in [1.165, 1.54) is 11.3 Å². The molecule has 11 heteroatoms. The molecule has 4 aromatic heterocycles. The van der Waals surface area contributed by atoms with E-state index in [4.69, 9.17) is 4.74 Å². The SMILES string of the molecule is Cc1cnc2sc(-c3c(-c4ccc5c(=O)[nH]nc(CNC(=O)OC(C)(C)C)c5c4)cnn3C)c(C#N)c2c1. The molecule has 0 radical (unpaired) electrons. The van der Waals surface area contributed by atoms with Gasteiger partial charge in [-0.2, -0.15) is 15.5 Å². The number of carbonyl (C=O) groups excluding carboxylic acids is 1. The van der Waals surface area contributed by atoms with Gasteiger partial charge in [-0.15, -0.1) is 11.3 Å². The summed E-state index contributed by atoms with van der Waals surface area (Å²) in [6.45, 7) is 7.35. The van der Waals surface area contributed by atoms with Crippen molar-refractivity contribution in [1.29, 1.82) is 5.26 Å². The summed E-state index contributed by atoms with van der Waals surface area (Å²) in [6.07, 6.45) is 2.94. The van der Waals surface area contributed by atoms with Crippen molar-refractivity contribution in [3.63, 3.8) is 0 Å². The van der Waals surface area contributed by atoms with Gasteiger partial charge in [0.05, 0.1) is 40.0 Å². The van der Waals surface area contributed by atoms with Crippen LogP contribution in [0.1, 0.15) is 37.6 Å². The lowest BCUT2D eigenvalue weighted by Crippen LogP contribution is -2.32. The number of nitrogens with one attached hydrogen (secondary N) is 2. The lowest BCUT2D eigenvalue weighted by atomic mass is 9.99. The number of fused-ring (bicyclic) bond motifs is 2. The third-order valence-corrected chi connectivity index (χ3v) is 7.05. The number of rotatable bonds is 4. The first kappa shape index (κ1) is 25.1. The van der Waals surface area contributed by atoms with E-state index in [1.807, 2.05) is 32.2 Å². The van der Waals surface area contributed by atoms with Crippen molar-refractivity contribution in [1.82, 2.24) is 30.3 Å². The summed E-state index contributed by atoms with van der Waals surface area (Å²) in [7, 11) is 1.83. The first-order chi connectivity index (χ1) is 18.1. The van der Waals surface area contributed by atoms with E-state index < -0.39 is 11.7 Å². The third kappa shape index (κ3) is 4.62. The Morgan fingerprint density at radius 2 is 2.00 bits per heavy atom. The van der Waals surface area contributed by atoms with E-state index in [0.29, 0.717) is 22.0 Å². The molecular weight excluding hydrogens is 502 g/mol. The molecule has 192 valence electrons. The van der Waals surface area contributed by atoms with Gasteiger partial charge < -0.3 is 10.1 Å². The van der Waals surface area contributed by atoms with Gasteiger partial charge in [-0.05, 0) is 57.0 Å². The Morgan fingerprint density at radius 1 is 1.21 bits per heavy atom. The number of aryl methyl sites for hydroxylation is 2. The smallest absolute Gasteiger partial charge is 0.407 e. The molecule has 0 unspecified atom stereocenters. The fourth-order valence-corrected chi connectivity index (χ4v) is 5.44. The topological polar surface area (TPSA) is 139 Å². The Kier molecular flexibility index (Phi) is 6.20. The molecule has 38 heavy (non-hydrogen) atoms. The van der Waals surface area contributed by atoms with E-state index in [1.54, 1.807) is 43.9 Å². The van der Waals surface area contributed by atoms with Crippen LogP contribution in [0.5, 0.6) is 0 Å². The number of H-pyrrole nitrogens is 1. The maximum absolute atomic E-state index is 12.5. The lowest BCUT2D eigenvalue weighted by molar-refractivity contribution is 0.0523. The minimum absolute atomic E-state index is 0.0610. The van der Waals surface area contributed by atoms with Crippen LogP contribution in [-0.4, -0.2) is 36.7 Å². The van der Waals surface area contributed by atoms with Gasteiger partial charge in [0.1, 0.15) is 16.5 Å². The number of carbonyl (C=O) groups is 1. The molecule has 0 aliphatic heterocycles. The number of amides is 1. The Bertz CT molecular complexity index is 1820. The van der Waals surface area contributed by atoms with Gasteiger partial charge in [0.2, 0.25) is 0 Å². The lowest BCUT2D eigenvalue weighted by Gasteiger charge is -2.19. The number of aromatic nitrogens is 5. The van der Waals surface area contributed by atoms with Gasteiger partial charge >= 0.3 is 6.09 Å². The third-order valence-electron chi connectivity index (χ3n) is 5.93. The van der Waals surface area contributed by atoms with E-state index in [9.17, 15) is 14.9 Å². The van der Waals surface area contributed by atoms with Gasteiger partial charge in [0.15, 0.2) is 0 Å². The standard InChI is InChI=1S/C27H25N7O3S/c1-14-8-18-19(10-28)23(38-25(18)29-11-14)22-20(12-31-34(22)5)15-6-7-16-17(9-15)21(32-33-24(16)35)13-30-26(36)37-27(2,3)4/h6-9,11-12H,13H2,1-5H3,(H,30,36)(H,33,35). The molecule has 0 saturated carbocycles. The van der Waals surface area contributed by atoms with Crippen LogP contribution in [0.25, 0.3) is 42.7 Å². The second-order valence-electron chi connectivity index (χ2n) is 9.93. The quantitative estimate of drug-likeness (QED) is 0.342. The van der Waals surface area contributed by atoms with Crippen LogP contribution in [0.15, 0.2) is 41.5 Å². The number of thiophene rings is 1. The number of pyridine rings is 1. The van der Waals surface area contributed by atoms with Crippen LogP contribution in [0.2, 0.25) is 0 Å². The summed E-state index contributed by atoms with van der Waals surface area (Å²) < 4.78 is 7.05.